The Morgan fingerprint density at radius 3 is 2.20 bits per heavy atom. The Morgan fingerprint density at radius 1 is 1.33 bits per heavy atom. The highest BCUT2D eigenvalue weighted by Gasteiger charge is 2.21. The van der Waals surface area contributed by atoms with E-state index in [0.29, 0.717) is 5.01 Å². The lowest BCUT2D eigenvalue weighted by Gasteiger charge is -2.15. The molecule has 6 N–H and O–H groups in total. The van der Waals surface area contributed by atoms with Crippen molar-refractivity contribution < 1.29 is 15.0 Å². The SMILES string of the molecule is NC(=S)N(N)C(=O)c1c(O)cccc1O. The molecule has 6 nitrogen and oxygen atoms in total. The standard InChI is InChI=1S/C8H9N3O3S/c9-8(15)11(10)7(14)6-4(12)2-1-3-5(6)13/h1-3,12-13H,10H2,(H2,9,15). The van der Waals surface area contributed by atoms with Crippen LogP contribution in [0.25, 0.3) is 0 Å². The van der Waals surface area contributed by atoms with Crippen LogP contribution in [0.3, 0.4) is 0 Å². The van der Waals surface area contributed by atoms with Gasteiger partial charge in [0.15, 0.2) is 5.11 Å². The van der Waals surface area contributed by atoms with E-state index < -0.39 is 17.4 Å². The molecule has 0 fully saturated rings. The topological polar surface area (TPSA) is 113 Å². The highest BCUT2D eigenvalue weighted by molar-refractivity contribution is 7.80. The van der Waals surface area contributed by atoms with Gasteiger partial charge in [0.2, 0.25) is 0 Å². The number of nitrogens with two attached hydrogens (primary N) is 2. The van der Waals surface area contributed by atoms with Gasteiger partial charge in [-0.2, -0.15) is 0 Å². The fraction of sp³-hybridized carbons (Fsp3) is 0. The van der Waals surface area contributed by atoms with Crippen molar-refractivity contribution in [1.29, 1.82) is 0 Å². The molecule has 0 saturated carbocycles. The molecule has 0 aliphatic carbocycles. The molecule has 7 heteroatoms. The van der Waals surface area contributed by atoms with Crippen LogP contribution >= 0.6 is 12.2 Å². The van der Waals surface area contributed by atoms with Crippen LogP contribution in [0.5, 0.6) is 11.5 Å². The van der Waals surface area contributed by atoms with E-state index in [2.05, 4.69) is 12.2 Å². The van der Waals surface area contributed by atoms with E-state index >= 15 is 0 Å². The molecule has 0 heterocycles. The number of phenols is 2. The number of nitrogens with zero attached hydrogens (tertiary/aromatic N) is 1. The van der Waals surface area contributed by atoms with Crippen molar-refractivity contribution in [3.8, 4) is 11.5 Å². The van der Waals surface area contributed by atoms with Gasteiger partial charge in [0.25, 0.3) is 5.91 Å². The number of rotatable bonds is 1. The maximum absolute atomic E-state index is 11.5. The van der Waals surface area contributed by atoms with Crippen molar-refractivity contribution in [3.63, 3.8) is 0 Å². The normalized spacial score (nSPS) is 9.67. The monoisotopic (exact) mass is 227 g/mol. The van der Waals surface area contributed by atoms with E-state index in [1.165, 1.54) is 18.2 Å². The first kappa shape index (κ1) is 11.2. The molecular weight excluding hydrogens is 218 g/mol. The molecule has 0 spiro atoms. The van der Waals surface area contributed by atoms with E-state index in [4.69, 9.17) is 11.6 Å². The van der Waals surface area contributed by atoms with E-state index in [1.807, 2.05) is 0 Å². The Morgan fingerprint density at radius 2 is 1.80 bits per heavy atom. The first-order valence-corrected chi connectivity index (χ1v) is 4.25. The van der Waals surface area contributed by atoms with Crippen molar-refractivity contribution in [2.24, 2.45) is 11.6 Å². The smallest absolute Gasteiger partial charge is 0.281 e. The third-order valence-corrected chi connectivity index (χ3v) is 1.89. The average molecular weight is 227 g/mol. The molecule has 0 atom stereocenters. The number of hydrogen-bond donors (Lipinski definition) is 4. The minimum Gasteiger partial charge on any atom is -0.507 e. The molecule has 0 bridgehead atoms. The second kappa shape index (κ2) is 4.11. The lowest BCUT2D eigenvalue weighted by Crippen LogP contribution is -2.45. The maximum Gasteiger partial charge on any atom is 0.281 e. The van der Waals surface area contributed by atoms with Crippen LogP contribution in [0, 0.1) is 0 Å². The Hall–Kier alpha value is -1.86. The van der Waals surface area contributed by atoms with Crippen LogP contribution in [0.4, 0.5) is 0 Å². The van der Waals surface area contributed by atoms with Crippen molar-refractivity contribution in [2.45, 2.75) is 0 Å². The molecular formula is C8H9N3O3S. The van der Waals surface area contributed by atoms with Crippen LogP contribution in [0.2, 0.25) is 0 Å². The minimum atomic E-state index is -0.877. The van der Waals surface area contributed by atoms with Gasteiger partial charge in [-0.15, -0.1) is 0 Å². The number of thiocarbonyl (C=S) groups is 1. The lowest BCUT2D eigenvalue weighted by molar-refractivity contribution is 0.0842. The number of hydrazine groups is 1. The first-order valence-electron chi connectivity index (χ1n) is 3.84. The Balaban J connectivity index is 3.17. The Bertz CT molecular complexity index is 401. The summed E-state index contributed by atoms with van der Waals surface area (Å²) >= 11 is 4.48. The summed E-state index contributed by atoms with van der Waals surface area (Å²) in [7, 11) is 0. The zero-order chi connectivity index (χ0) is 11.6. The average Bonchev–Trinajstić information content (AvgIpc) is 2.15. The van der Waals surface area contributed by atoms with Crippen molar-refractivity contribution >= 4 is 23.2 Å². The molecule has 0 unspecified atom stereocenters. The zero-order valence-corrected chi connectivity index (χ0v) is 8.36. The molecule has 0 aliphatic heterocycles. The largest absolute Gasteiger partial charge is 0.507 e. The van der Waals surface area contributed by atoms with Gasteiger partial charge in [0, 0.05) is 0 Å². The second-order valence-electron chi connectivity index (χ2n) is 2.68. The molecule has 1 rings (SSSR count). The first-order chi connectivity index (χ1) is 6.95. The summed E-state index contributed by atoms with van der Waals surface area (Å²) in [5.41, 5.74) is 4.78. The van der Waals surface area contributed by atoms with Crippen molar-refractivity contribution in [2.75, 3.05) is 0 Å². The van der Waals surface area contributed by atoms with Gasteiger partial charge in [-0.05, 0) is 24.4 Å². The lowest BCUT2D eigenvalue weighted by atomic mass is 10.1. The van der Waals surface area contributed by atoms with Crippen LogP contribution < -0.4 is 11.6 Å². The number of amides is 1. The molecule has 1 amide bonds. The summed E-state index contributed by atoms with van der Waals surface area (Å²) in [6, 6.07) is 3.85. The quantitative estimate of drug-likeness (QED) is 0.226. The van der Waals surface area contributed by atoms with Crippen LogP contribution in [-0.2, 0) is 0 Å². The van der Waals surface area contributed by atoms with E-state index in [0.717, 1.165) is 0 Å². The van der Waals surface area contributed by atoms with Gasteiger partial charge in [0.05, 0.1) is 0 Å². The molecule has 15 heavy (non-hydrogen) atoms. The molecule has 1 aromatic rings. The summed E-state index contributed by atoms with van der Waals surface area (Å²) in [5.74, 6) is 3.56. The van der Waals surface area contributed by atoms with Gasteiger partial charge >= 0.3 is 0 Å². The van der Waals surface area contributed by atoms with Crippen LogP contribution in [-0.4, -0.2) is 26.2 Å². The fourth-order valence-corrected chi connectivity index (χ4v) is 1.05. The predicted molar refractivity (Wildman–Crippen MR) is 56.9 cm³/mol. The molecule has 0 aliphatic rings. The Labute approximate surface area is 90.7 Å². The number of phenolic OH excluding ortho intramolecular Hbond substituents is 2. The highest BCUT2D eigenvalue weighted by atomic mass is 32.1. The molecule has 0 aromatic heterocycles. The number of benzene rings is 1. The van der Waals surface area contributed by atoms with Gasteiger partial charge in [-0.3, -0.25) is 4.79 Å². The van der Waals surface area contributed by atoms with E-state index in [9.17, 15) is 15.0 Å². The van der Waals surface area contributed by atoms with Crippen LogP contribution in [0.15, 0.2) is 18.2 Å². The van der Waals surface area contributed by atoms with Gasteiger partial charge < -0.3 is 15.9 Å². The highest BCUT2D eigenvalue weighted by Crippen LogP contribution is 2.26. The summed E-state index contributed by atoms with van der Waals surface area (Å²) in [4.78, 5) is 11.5. The summed E-state index contributed by atoms with van der Waals surface area (Å²) in [5, 5.41) is 18.8. The number of carbonyl (C=O) groups is 1. The minimum absolute atomic E-state index is 0.340. The van der Waals surface area contributed by atoms with E-state index in [1.54, 1.807) is 0 Å². The summed E-state index contributed by atoms with van der Waals surface area (Å²) in [6.07, 6.45) is 0. The maximum atomic E-state index is 11.5. The molecule has 1 aromatic carbocycles. The van der Waals surface area contributed by atoms with Crippen molar-refractivity contribution in [3.05, 3.63) is 23.8 Å². The van der Waals surface area contributed by atoms with Crippen LogP contribution in [0.1, 0.15) is 10.4 Å². The van der Waals surface area contributed by atoms with Gasteiger partial charge in [-0.1, -0.05) is 6.07 Å². The molecule has 0 saturated heterocycles. The fourth-order valence-electron chi connectivity index (χ4n) is 0.968. The number of hydrogen-bond acceptors (Lipinski definition) is 5. The number of aromatic hydroxyl groups is 2. The van der Waals surface area contributed by atoms with Crippen molar-refractivity contribution in [1.82, 2.24) is 5.01 Å². The summed E-state index contributed by atoms with van der Waals surface area (Å²) < 4.78 is 0. The molecule has 0 radical (unpaired) electrons. The predicted octanol–water partition coefficient (Wildman–Crippen LogP) is -0.343. The Kier molecular flexibility index (Phi) is 3.08. The van der Waals surface area contributed by atoms with Gasteiger partial charge in [0.1, 0.15) is 17.1 Å². The third-order valence-electron chi connectivity index (χ3n) is 1.69. The van der Waals surface area contributed by atoms with Gasteiger partial charge in [-0.25, -0.2) is 10.9 Å². The van der Waals surface area contributed by atoms with E-state index in [-0.39, 0.29) is 10.7 Å². The number of carbonyl (C=O) groups excluding carboxylic acids is 1. The third kappa shape index (κ3) is 2.14. The molecule has 80 valence electrons. The summed E-state index contributed by atoms with van der Waals surface area (Å²) in [6.45, 7) is 0. The second-order valence-corrected chi connectivity index (χ2v) is 3.10. The zero-order valence-electron chi connectivity index (χ0n) is 7.54.